The lowest BCUT2D eigenvalue weighted by Crippen LogP contribution is -1.98. The van der Waals surface area contributed by atoms with Gasteiger partial charge in [0, 0.05) is 15.8 Å². The molecule has 24 heavy (non-hydrogen) atoms. The Kier molecular flexibility index (Phi) is 3.17. The standard InChI is InChI=1S/C15H9ClFN3O3S/c16-8-1-2-10-12(5-8)19-20-15(10)13-4-7-3-9(24(21,22)23)6-11(17)14(7)18-13/h1-6,18H,(H,19,20)(H,21,22,23). The summed E-state index contributed by atoms with van der Waals surface area (Å²) < 4.78 is 45.7. The predicted octanol–water partition coefficient (Wildman–Crippen LogP) is 3.75. The fourth-order valence-corrected chi connectivity index (χ4v) is 3.35. The van der Waals surface area contributed by atoms with Crippen LogP contribution in [0.5, 0.6) is 0 Å². The maximum Gasteiger partial charge on any atom is 0.294 e. The lowest BCUT2D eigenvalue weighted by atomic mass is 10.1. The molecule has 4 rings (SSSR count). The first kappa shape index (κ1) is 15.1. The van der Waals surface area contributed by atoms with Crippen molar-refractivity contribution in [3.05, 3.63) is 47.2 Å². The third-order valence-corrected chi connectivity index (χ3v) is 4.80. The Labute approximate surface area is 140 Å². The molecule has 0 aliphatic heterocycles. The third-order valence-electron chi connectivity index (χ3n) is 3.73. The Morgan fingerprint density at radius 2 is 1.96 bits per heavy atom. The Morgan fingerprint density at radius 1 is 1.17 bits per heavy atom. The average Bonchev–Trinajstić information content (AvgIpc) is 3.09. The number of aromatic amines is 2. The lowest BCUT2D eigenvalue weighted by Gasteiger charge is -1.98. The summed E-state index contributed by atoms with van der Waals surface area (Å²) >= 11 is 5.93. The van der Waals surface area contributed by atoms with E-state index in [9.17, 15) is 12.8 Å². The third kappa shape index (κ3) is 2.35. The summed E-state index contributed by atoms with van der Waals surface area (Å²) in [4.78, 5) is 2.38. The zero-order valence-corrected chi connectivity index (χ0v) is 13.4. The molecule has 122 valence electrons. The smallest absolute Gasteiger partial charge is 0.294 e. The average molecular weight is 366 g/mol. The quantitative estimate of drug-likeness (QED) is 0.471. The number of nitrogens with one attached hydrogen (secondary N) is 2. The second-order valence-corrected chi connectivity index (χ2v) is 7.15. The highest BCUT2D eigenvalue weighted by Gasteiger charge is 2.17. The SMILES string of the molecule is O=S(=O)(O)c1cc(F)c2[nH]c(-c3n[nH]c4cc(Cl)ccc34)cc2c1. The molecule has 0 saturated heterocycles. The van der Waals surface area contributed by atoms with Crippen LogP contribution in [0.1, 0.15) is 0 Å². The second-order valence-electron chi connectivity index (χ2n) is 5.29. The Bertz CT molecular complexity index is 1210. The van der Waals surface area contributed by atoms with Gasteiger partial charge in [0.2, 0.25) is 0 Å². The molecule has 6 nitrogen and oxygen atoms in total. The van der Waals surface area contributed by atoms with Crippen molar-refractivity contribution in [2.24, 2.45) is 0 Å². The van der Waals surface area contributed by atoms with Gasteiger partial charge in [0.15, 0.2) is 0 Å². The summed E-state index contributed by atoms with van der Waals surface area (Å²) in [6.07, 6.45) is 0. The van der Waals surface area contributed by atoms with Gasteiger partial charge in [0.25, 0.3) is 10.1 Å². The van der Waals surface area contributed by atoms with Crippen molar-refractivity contribution in [2.45, 2.75) is 4.90 Å². The van der Waals surface area contributed by atoms with E-state index in [4.69, 9.17) is 16.2 Å². The van der Waals surface area contributed by atoms with Crippen molar-refractivity contribution < 1.29 is 17.4 Å². The van der Waals surface area contributed by atoms with E-state index in [-0.39, 0.29) is 5.52 Å². The molecule has 0 radical (unpaired) electrons. The van der Waals surface area contributed by atoms with E-state index in [2.05, 4.69) is 15.2 Å². The Balaban J connectivity index is 1.95. The van der Waals surface area contributed by atoms with Gasteiger partial charge in [-0.15, -0.1) is 0 Å². The number of halogens is 2. The molecule has 9 heteroatoms. The Morgan fingerprint density at radius 3 is 2.71 bits per heavy atom. The summed E-state index contributed by atoms with van der Waals surface area (Å²) in [7, 11) is -4.49. The zero-order valence-electron chi connectivity index (χ0n) is 11.8. The molecule has 0 unspecified atom stereocenters. The highest BCUT2D eigenvalue weighted by Crippen LogP contribution is 2.31. The molecule has 0 fully saturated rings. The van der Waals surface area contributed by atoms with Crippen LogP contribution in [-0.4, -0.2) is 28.2 Å². The van der Waals surface area contributed by atoms with E-state index >= 15 is 0 Å². The fourth-order valence-electron chi connectivity index (χ4n) is 2.65. The molecule has 0 aliphatic rings. The van der Waals surface area contributed by atoms with Gasteiger partial charge in [-0.05, 0) is 36.4 Å². The van der Waals surface area contributed by atoms with Crippen molar-refractivity contribution in [1.82, 2.24) is 15.2 Å². The number of fused-ring (bicyclic) bond motifs is 2. The Hall–Kier alpha value is -2.42. The minimum atomic E-state index is -4.49. The molecule has 0 amide bonds. The van der Waals surface area contributed by atoms with Gasteiger partial charge in [0.1, 0.15) is 11.5 Å². The van der Waals surface area contributed by atoms with Crippen LogP contribution in [0.4, 0.5) is 4.39 Å². The first-order valence-corrected chi connectivity index (χ1v) is 8.58. The van der Waals surface area contributed by atoms with E-state index in [0.717, 1.165) is 17.0 Å². The van der Waals surface area contributed by atoms with E-state index in [1.165, 1.54) is 6.07 Å². The van der Waals surface area contributed by atoms with E-state index in [0.29, 0.717) is 21.8 Å². The van der Waals surface area contributed by atoms with Crippen LogP contribution >= 0.6 is 11.6 Å². The van der Waals surface area contributed by atoms with Crippen LogP contribution in [0.25, 0.3) is 33.2 Å². The molecular weight excluding hydrogens is 357 g/mol. The fraction of sp³-hybridized carbons (Fsp3) is 0. The van der Waals surface area contributed by atoms with Gasteiger partial charge in [-0.1, -0.05) is 11.6 Å². The van der Waals surface area contributed by atoms with Crippen molar-refractivity contribution in [3.8, 4) is 11.4 Å². The van der Waals surface area contributed by atoms with Crippen LogP contribution < -0.4 is 0 Å². The molecule has 0 bridgehead atoms. The highest BCUT2D eigenvalue weighted by molar-refractivity contribution is 7.85. The predicted molar refractivity (Wildman–Crippen MR) is 88.2 cm³/mol. The molecular formula is C15H9ClFN3O3S. The van der Waals surface area contributed by atoms with E-state index < -0.39 is 20.8 Å². The number of rotatable bonds is 2. The zero-order chi connectivity index (χ0) is 17.1. The molecule has 0 saturated carbocycles. The first-order chi connectivity index (χ1) is 11.3. The minimum absolute atomic E-state index is 0.127. The molecule has 2 aromatic heterocycles. The molecule has 2 aromatic carbocycles. The van der Waals surface area contributed by atoms with Crippen molar-refractivity contribution in [3.63, 3.8) is 0 Å². The maximum atomic E-state index is 14.1. The van der Waals surface area contributed by atoms with Gasteiger partial charge >= 0.3 is 0 Å². The van der Waals surface area contributed by atoms with Crippen LogP contribution in [0, 0.1) is 5.82 Å². The van der Waals surface area contributed by atoms with Crippen LogP contribution in [-0.2, 0) is 10.1 Å². The van der Waals surface area contributed by atoms with Gasteiger partial charge in [-0.3, -0.25) is 9.65 Å². The summed E-state index contributed by atoms with van der Waals surface area (Å²) in [5, 5.41) is 8.68. The minimum Gasteiger partial charge on any atom is -0.351 e. The highest BCUT2D eigenvalue weighted by atomic mass is 35.5. The lowest BCUT2D eigenvalue weighted by molar-refractivity contribution is 0.482. The number of H-pyrrole nitrogens is 2. The summed E-state index contributed by atoms with van der Waals surface area (Å²) in [5.41, 5.74) is 1.90. The van der Waals surface area contributed by atoms with Gasteiger partial charge in [-0.25, -0.2) is 4.39 Å². The largest absolute Gasteiger partial charge is 0.351 e. The van der Waals surface area contributed by atoms with E-state index in [1.807, 2.05) is 0 Å². The van der Waals surface area contributed by atoms with Crippen molar-refractivity contribution in [1.29, 1.82) is 0 Å². The first-order valence-electron chi connectivity index (χ1n) is 6.77. The molecule has 0 spiro atoms. The second kappa shape index (κ2) is 5.04. The summed E-state index contributed by atoms with van der Waals surface area (Å²) in [5.74, 6) is -0.783. The molecule has 0 aliphatic carbocycles. The molecule has 0 atom stereocenters. The van der Waals surface area contributed by atoms with Crippen LogP contribution in [0.15, 0.2) is 41.3 Å². The summed E-state index contributed by atoms with van der Waals surface area (Å²) in [6, 6.07) is 8.73. The number of nitrogens with zero attached hydrogens (tertiary/aromatic N) is 1. The number of hydrogen-bond acceptors (Lipinski definition) is 3. The number of aromatic nitrogens is 3. The number of benzene rings is 2. The topological polar surface area (TPSA) is 98.8 Å². The summed E-state index contributed by atoms with van der Waals surface area (Å²) in [6.45, 7) is 0. The number of hydrogen-bond donors (Lipinski definition) is 3. The molecule has 4 aromatic rings. The van der Waals surface area contributed by atoms with Gasteiger partial charge < -0.3 is 4.98 Å². The van der Waals surface area contributed by atoms with Crippen LogP contribution in [0.2, 0.25) is 5.02 Å². The molecule has 2 heterocycles. The monoisotopic (exact) mass is 365 g/mol. The maximum absolute atomic E-state index is 14.1. The molecule has 3 N–H and O–H groups in total. The van der Waals surface area contributed by atoms with Crippen LogP contribution in [0.3, 0.4) is 0 Å². The van der Waals surface area contributed by atoms with E-state index in [1.54, 1.807) is 24.3 Å². The van der Waals surface area contributed by atoms with Gasteiger partial charge in [0.05, 0.1) is 21.6 Å². The van der Waals surface area contributed by atoms with Crippen molar-refractivity contribution in [2.75, 3.05) is 0 Å². The van der Waals surface area contributed by atoms with Gasteiger partial charge in [-0.2, -0.15) is 13.5 Å². The normalized spacial score (nSPS) is 12.3. The van der Waals surface area contributed by atoms with Crippen molar-refractivity contribution >= 4 is 43.5 Å².